The van der Waals surface area contributed by atoms with Gasteiger partial charge in [0.1, 0.15) is 12.5 Å². The van der Waals surface area contributed by atoms with Crippen LogP contribution in [0.15, 0.2) is 52.0 Å². The summed E-state index contributed by atoms with van der Waals surface area (Å²) in [7, 11) is 0. The summed E-state index contributed by atoms with van der Waals surface area (Å²) < 4.78 is 4.22. The first kappa shape index (κ1) is 9.98. The number of aldehydes is 1. The highest BCUT2D eigenvalue weighted by Crippen LogP contribution is 1.91. The SMILES string of the molecule is O=Cc1ccccc1.O=c1[nH]cco1. The number of aromatic nitrogens is 1. The lowest BCUT2D eigenvalue weighted by molar-refractivity contribution is 0.112. The van der Waals surface area contributed by atoms with E-state index in [9.17, 15) is 9.59 Å². The van der Waals surface area contributed by atoms with Crippen LogP contribution in [0.2, 0.25) is 0 Å². The standard InChI is InChI=1S/C7H6O.C3H3NO2/c8-6-7-4-2-1-3-5-7;5-3-4-1-2-6-3/h1-6H;1-2H,(H,4,5). The first-order chi connectivity index (χ1) is 6.83. The molecule has 1 heterocycles. The monoisotopic (exact) mass is 191 g/mol. The van der Waals surface area contributed by atoms with Crippen molar-refractivity contribution >= 4 is 6.29 Å². The zero-order chi connectivity index (χ0) is 10.2. The molecule has 4 nitrogen and oxygen atoms in total. The van der Waals surface area contributed by atoms with Crippen molar-refractivity contribution in [2.24, 2.45) is 0 Å². The van der Waals surface area contributed by atoms with Crippen molar-refractivity contribution in [1.29, 1.82) is 0 Å². The highest BCUT2D eigenvalue weighted by atomic mass is 16.4. The van der Waals surface area contributed by atoms with Crippen LogP contribution in [0.3, 0.4) is 0 Å². The molecule has 1 aromatic heterocycles. The van der Waals surface area contributed by atoms with E-state index in [0.717, 1.165) is 11.8 Å². The van der Waals surface area contributed by atoms with Gasteiger partial charge in [-0.3, -0.25) is 9.78 Å². The van der Waals surface area contributed by atoms with Gasteiger partial charge in [-0.05, 0) is 0 Å². The van der Waals surface area contributed by atoms with Gasteiger partial charge in [0.25, 0.3) is 0 Å². The molecule has 0 aliphatic heterocycles. The molecule has 2 rings (SSSR count). The number of benzene rings is 1. The third kappa shape index (κ3) is 3.53. The van der Waals surface area contributed by atoms with Crippen LogP contribution < -0.4 is 5.76 Å². The molecular weight excluding hydrogens is 182 g/mol. The van der Waals surface area contributed by atoms with Gasteiger partial charge in [0.2, 0.25) is 0 Å². The minimum absolute atomic E-state index is 0.407. The third-order valence-corrected chi connectivity index (χ3v) is 1.38. The topological polar surface area (TPSA) is 63.1 Å². The van der Waals surface area contributed by atoms with E-state index in [2.05, 4.69) is 9.40 Å². The van der Waals surface area contributed by atoms with Gasteiger partial charge in [-0.2, -0.15) is 0 Å². The number of oxazole rings is 1. The molecule has 14 heavy (non-hydrogen) atoms. The van der Waals surface area contributed by atoms with E-state index in [0.29, 0.717) is 0 Å². The van der Waals surface area contributed by atoms with Gasteiger partial charge in [-0.25, -0.2) is 4.79 Å². The normalized spacial score (nSPS) is 8.57. The van der Waals surface area contributed by atoms with Crippen molar-refractivity contribution in [3.05, 3.63) is 58.9 Å². The first-order valence-electron chi connectivity index (χ1n) is 3.95. The van der Waals surface area contributed by atoms with Crippen LogP contribution in [0, 0.1) is 0 Å². The maximum absolute atomic E-state index is 10.0. The van der Waals surface area contributed by atoms with E-state index in [-0.39, 0.29) is 0 Å². The molecule has 0 spiro atoms. The fourth-order valence-corrected chi connectivity index (χ4v) is 0.764. The lowest BCUT2D eigenvalue weighted by Gasteiger charge is -1.81. The minimum Gasteiger partial charge on any atom is -0.417 e. The molecule has 1 aromatic carbocycles. The smallest absolute Gasteiger partial charge is 0.416 e. The number of nitrogens with one attached hydrogen (secondary N) is 1. The quantitative estimate of drug-likeness (QED) is 0.694. The van der Waals surface area contributed by atoms with Gasteiger partial charge < -0.3 is 4.42 Å². The van der Waals surface area contributed by atoms with Crippen molar-refractivity contribution in [1.82, 2.24) is 4.98 Å². The fraction of sp³-hybridized carbons (Fsp3) is 0. The Kier molecular flexibility index (Phi) is 3.94. The van der Waals surface area contributed by atoms with E-state index < -0.39 is 5.76 Å². The molecule has 0 saturated heterocycles. The number of rotatable bonds is 1. The number of hydrogen-bond donors (Lipinski definition) is 1. The summed E-state index contributed by atoms with van der Waals surface area (Å²) >= 11 is 0. The molecule has 0 aliphatic rings. The zero-order valence-corrected chi connectivity index (χ0v) is 7.34. The molecule has 0 aliphatic carbocycles. The summed E-state index contributed by atoms with van der Waals surface area (Å²) in [5.74, 6) is -0.407. The van der Waals surface area contributed by atoms with Crippen LogP contribution in [0.25, 0.3) is 0 Å². The molecule has 72 valence electrons. The second kappa shape index (κ2) is 5.53. The minimum atomic E-state index is -0.407. The molecular formula is C10H9NO3. The maximum Gasteiger partial charge on any atom is 0.416 e. The Morgan fingerprint density at radius 1 is 1.21 bits per heavy atom. The summed E-state index contributed by atoms with van der Waals surface area (Å²) in [6, 6.07) is 9.10. The molecule has 0 saturated carbocycles. The molecule has 4 heteroatoms. The van der Waals surface area contributed by atoms with Gasteiger partial charge in [-0.15, -0.1) is 0 Å². The van der Waals surface area contributed by atoms with E-state index in [1.165, 1.54) is 12.5 Å². The van der Waals surface area contributed by atoms with Crippen LogP contribution in [0.5, 0.6) is 0 Å². The summed E-state index contributed by atoms with van der Waals surface area (Å²) in [6.07, 6.45) is 3.56. The highest BCUT2D eigenvalue weighted by Gasteiger charge is 1.80. The second-order valence-corrected chi connectivity index (χ2v) is 2.38. The lowest BCUT2D eigenvalue weighted by Crippen LogP contribution is -1.91. The summed E-state index contributed by atoms with van der Waals surface area (Å²) in [4.78, 5) is 22.1. The van der Waals surface area contributed by atoms with E-state index in [1.807, 2.05) is 18.2 Å². The predicted molar refractivity (Wildman–Crippen MR) is 51.2 cm³/mol. The third-order valence-electron chi connectivity index (χ3n) is 1.38. The summed E-state index contributed by atoms with van der Waals surface area (Å²) in [5.41, 5.74) is 0.729. The van der Waals surface area contributed by atoms with Gasteiger partial charge in [0, 0.05) is 11.8 Å². The maximum atomic E-state index is 10.0. The van der Waals surface area contributed by atoms with Crippen LogP contribution in [0.4, 0.5) is 0 Å². The second-order valence-electron chi connectivity index (χ2n) is 2.38. The van der Waals surface area contributed by atoms with Crippen molar-refractivity contribution < 1.29 is 9.21 Å². The molecule has 0 amide bonds. The Hall–Kier alpha value is -2.10. The fourth-order valence-electron chi connectivity index (χ4n) is 0.764. The molecule has 0 bridgehead atoms. The Morgan fingerprint density at radius 3 is 2.21 bits per heavy atom. The van der Waals surface area contributed by atoms with Crippen LogP contribution in [-0.4, -0.2) is 11.3 Å². The molecule has 1 N–H and O–H groups in total. The Bertz CT molecular complexity index is 399. The van der Waals surface area contributed by atoms with Crippen molar-refractivity contribution in [3.8, 4) is 0 Å². The van der Waals surface area contributed by atoms with E-state index in [4.69, 9.17) is 0 Å². The van der Waals surface area contributed by atoms with Gasteiger partial charge in [-0.1, -0.05) is 30.3 Å². The van der Waals surface area contributed by atoms with Crippen LogP contribution in [-0.2, 0) is 0 Å². The van der Waals surface area contributed by atoms with E-state index >= 15 is 0 Å². The Balaban J connectivity index is 0.000000146. The summed E-state index contributed by atoms with van der Waals surface area (Å²) in [6.45, 7) is 0. The lowest BCUT2D eigenvalue weighted by atomic mass is 10.2. The predicted octanol–water partition coefficient (Wildman–Crippen LogP) is 1.47. The number of carbonyl (C=O) groups is 1. The molecule has 0 atom stereocenters. The first-order valence-corrected chi connectivity index (χ1v) is 3.95. The van der Waals surface area contributed by atoms with Crippen molar-refractivity contribution in [3.63, 3.8) is 0 Å². The number of carbonyl (C=O) groups excluding carboxylic acids is 1. The molecule has 2 aromatic rings. The zero-order valence-electron chi connectivity index (χ0n) is 7.34. The average molecular weight is 191 g/mol. The molecule has 0 radical (unpaired) electrons. The average Bonchev–Trinajstić information content (AvgIpc) is 2.71. The number of H-pyrrole nitrogens is 1. The van der Waals surface area contributed by atoms with Crippen LogP contribution in [0.1, 0.15) is 10.4 Å². The highest BCUT2D eigenvalue weighted by molar-refractivity contribution is 5.74. The Morgan fingerprint density at radius 2 is 1.93 bits per heavy atom. The summed E-state index contributed by atoms with van der Waals surface area (Å²) in [5, 5.41) is 0. The van der Waals surface area contributed by atoms with Crippen LogP contribution >= 0.6 is 0 Å². The van der Waals surface area contributed by atoms with Gasteiger partial charge >= 0.3 is 5.76 Å². The largest absolute Gasteiger partial charge is 0.417 e. The van der Waals surface area contributed by atoms with E-state index in [1.54, 1.807) is 12.1 Å². The number of hydrogen-bond acceptors (Lipinski definition) is 3. The number of aromatic amines is 1. The van der Waals surface area contributed by atoms with Gasteiger partial charge in [0.15, 0.2) is 0 Å². The Labute approximate surface area is 80.2 Å². The van der Waals surface area contributed by atoms with Crippen molar-refractivity contribution in [2.75, 3.05) is 0 Å². The molecule has 0 unspecified atom stereocenters. The van der Waals surface area contributed by atoms with Gasteiger partial charge in [0.05, 0.1) is 0 Å². The van der Waals surface area contributed by atoms with Crippen molar-refractivity contribution in [2.45, 2.75) is 0 Å². The molecule has 0 fully saturated rings.